The molecule has 5 nitrogen and oxygen atoms in total. The van der Waals surface area contributed by atoms with E-state index in [9.17, 15) is 9.59 Å². The summed E-state index contributed by atoms with van der Waals surface area (Å²) < 4.78 is 0. The molecule has 154 valence electrons. The Bertz CT molecular complexity index is 930. The average Bonchev–Trinajstić information content (AvgIpc) is 2.79. The Morgan fingerprint density at radius 1 is 0.933 bits per heavy atom. The van der Waals surface area contributed by atoms with Gasteiger partial charge in [0.15, 0.2) is 0 Å². The van der Waals surface area contributed by atoms with E-state index in [1.807, 2.05) is 85.8 Å². The van der Waals surface area contributed by atoms with E-state index in [1.165, 1.54) is 0 Å². The normalized spacial score (nSPS) is 11.5. The molecule has 0 bridgehead atoms. The van der Waals surface area contributed by atoms with E-state index in [4.69, 9.17) is 0 Å². The fourth-order valence-electron chi connectivity index (χ4n) is 3.35. The topological polar surface area (TPSA) is 62.3 Å². The fraction of sp³-hybridized carbons (Fsp3) is 0.240. The Morgan fingerprint density at radius 3 is 2.23 bits per heavy atom. The highest BCUT2D eigenvalue weighted by atomic mass is 16.2. The van der Waals surface area contributed by atoms with Crippen molar-refractivity contribution in [1.29, 1.82) is 0 Å². The summed E-state index contributed by atoms with van der Waals surface area (Å²) in [7, 11) is 0. The first-order valence-electron chi connectivity index (χ1n) is 10.2. The van der Waals surface area contributed by atoms with Crippen LogP contribution in [0, 0.1) is 0 Å². The Labute approximate surface area is 177 Å². The van der Waals surface area contributed by atoms with E-state index in [2.05, 4.69) is 10.3 Å². The SMILES string of the molecule is CCCC(=O)N(Cc1ccccc1)C(C(=O)NCc1ccccn1)c1ccccc1. The van der Waals surface area contributed by atoms with Crippen molar-refractivity contribution in [2.24, 2.45) is 0 Å². The molecule has 0 saturated heterocycles. The Balaban J connectivity index is 1.90. The van der Waals surface area contributed by atoms with Crippen molar-refractivity contribution in [3.63, 3.8) is 0 Å². The second-order valence-corrected chi connectivity index (χ2v) is 7.11. The average molecular weight is 402 g/mol. The van der Waals surface area contributed by atoms with Gasteiger partial charge < -0.3 is 10.2 Å². The first kappa shape index (κ1) is 21.2. The minimum Gasteiger partial charge on any atom is -0.348 e. The number of amides is 2. The van der Waals surface area contributed by atoms with Gasteiger partial charge in [0.2, 0.25) is 11.8 Å². The van der Waals surface area contributed by atoms with Crippen molar-refractivity contribution in [1.82, 2.24) is 15.2 Å². The molecule has 0 saturated carbocycles. The lowest BCUT2D eigenvalue weighted by Crippen LogP contribution is -2.43. The molecule has 0 aliphatic heterocycles. The molecule has 30 heavy (non-hydrogen) atoms. The molecule has 0 radical (unpaired) electrons. The van der Waals surface area contributed by atoms with Crippen LogP contribution >= 0.6 is 0 Å². The second kappa shape index (κ2) is 10.9. The molecule has 1 atom stereocenters. The van der Waals surface area contributed by atoms with Gasteiger partial charge in [0, 0.05) is 19.2 Å². The monoisotopic (exact) mass is 401 g/mol. The van der Waals surface area contributed by atoms with Crippen LogP contribution in [-0.4, -0.2) is 21.7 Å². The molecule has 1 heterocycles. The van der Waals surface area contributed by atoms with Gasteiger partial charge >= 0.3 is 0 Å². The van der Waals surface area contributed by atoms with Crippen molar-refractivity contribution in [2.75, 3.05) is 0 Å². The minimum atomic E-state index is -0.714. The maximum Gasteiger partial charge on any atom is 0.247 e. The van der Waals surface area contributed by atoms with Crippen LogP contribution in [-0.2, 0) is 22.7 Å². The Morgan fingerprint density at radius 2 is 1.60 bits per heavy atom. The van der Waals surface area contributed by atoms with E-state index in [0.29, 0.717) is 19.5 Å². The minimum absolute atomic E-state index is 0.0387. The largest absolute Gasteiger partial charge is 0.348 e. The molecule has 1 aromatic heterocycles. The van der Waals surface area contributed by atoms with E-state index in [0.717, 1.165) is 23.2 Å². The molecule has 2 aromatic carbocycles. The molecule has 0 aliphatic rings. The molecular formula is C25H27N3O2. The molecule has 2 amide bonds. The van der Waals surface area contributed by atoms with Crippen LogP contribution < -0.4 is 5.32 Å². The lowest BCUT2D eigenvalue weighted by molar-refractivity contribution is -0.141. The Hall–Kier alpha value is -3.47. The van der Waals surface area contributed by atoms with Crippen LogP contribution in [0.3, 0.4) is 0 Å². The van der Waals surface area contributed by atoms with Gasteiger partial charge in [-0.3, -0.25) is 14.6 Å². The third-order valence-electron chi connectivity index (χ3n) is 4.83. The number of nitrogens with zero attached hydrogens (tertiary/aromatic N) is 2. The number of hydrogen-bond donors (Lipinski definition) is 1. The number of hydrogen-bond acceptors (Lipinski definition) is 3. The van der Waals surface area contributed by atoms with Crippen LogP contribution in [0.1, 0.15) is 42.6 Å². The summed E-state index contributed by atoms with van der Waals surface area (Å²) in [6.07, 6.45) is 2.81. The first-order chi connectivity index (χ1) is 14.7. The quantitative estimate of drug-likeness (QED) is 0.582. The molecule has 0 fully saturated rings. The van der Waals surface area contributed by atoms with Crippen LogP contribution in [0.4, 0.5) is 0 Å². The standard InChI is InChI=1S/C25H27N3O2/c1-2-11-23(29)28(19-20-12-5-3-6-13-20)24(21-14-7-4-8-15-21)25(30)27-18-22-16-9-10-17-26-22/h3-10,12-17,24H,2,11,18-19H2,1H3,(H,27,30). The van der Waals surface area contributed by atoms with Crippen molar-refractivity contribution >= 4 is 11.8 Å². The maximum absolute atomic E-state index is 13.3. The molecule has 1 N–H and O–H groups in total. The molecular weight excluding hydrogens is 374 g/mol. The first-order valence-corrected chi connectivity index (χ1v) is 10.2. The summed E-state index contributed by atoms with van der Waals surface area (Å²) in [5, 5.41) is 2.97. The number of carbonyl (C=O) groups excluding carboxylic acids is 2. The smallest absolute Gasteiger partial charge is 0.247 e. The highest BCUT2D eigenvalue weighted by Crippen LogP contribution is 2.25. The van der Waals surface area contributed by atoms with Gasteiger partial charge in [-0.25, -0.2) is 0 Å². The molecule has 3 aromatic rings. The fourth-order valence-corrected chi connectivity index (χ4v) is 3.35. The van der Waals surface area contributed by atoms with Gasteiger partial charge in [0.1, 0.15) is 6.04 Å². The van der Waals surface area contributed by atoms with Crippen molar-refractivity contribution < 1.29 is 9.59 Å². The lowest BCUT2D eigenvalue weighted by Gasteiger charge is -2.31. The molecule has 0 spiro atoms. The van der Waals surface area contributed by atoms with Crippen LogP contribution in [0.15, 0.2) is 85.1 Å². The summed E-state index contributed by atoms with van der Waals surface area (Å²) in [6.45, 7) is 2.65. The van der Waals surface area contributed by atoms with E-state index in [1.54, 1.807) is 11.1 Å². The molecule has 1 unspecified atom stereocenters. The number of benzene rings is 2. The van der Waals surface area contributed by atoms with Crippen molar-refractivity contribution in [3.8, 4) is 0 Å². The van der Waals surface area contributed by atoms with E-state index >= 15 is 0 Å². The lowest BCUT2D eigenvalue weighted by atomic mass is 10.0. The summed E-state index contributed by atoms with van der Waals surface area (Å²) in [5.41, 5.74) is 2.55. The number of rotatable bonds is 9. The highest BCUT2D eigenvalue weighted by Gasteiger charge is 2.31. The molecule has 3 rings (SSSR count). The van der Waals surface area contributed by atoms with Crippen molar-refractivity contribution in [3.05, 3.63) is 102 Å². The van der Waals surface area contributed by atoms with Gasteiger partial charge in [0.05, 0.1) is 12.2 Å². The molecule has 5 heteroatoms. The van der Waals surface area contributed by atoms with Gasteiger partial charge in [-0.2, -0.15) is 0 Å². The zero-order valence-electron chi connectivity index (χ0n) is 17.2. The highest BCUT2D eigenvalue weighted by molar-refractivity contribution is 5.88. The predicted molar refractivity (Wildman–Crippen MR) is 117 cm³/mol. The predicted octanol–water partition coefficient (Wildman–Crippen LogP) is 4.27. The summed E-state index contributed by atoms with van der Waals surface area (Å²) >= 11 is 0. The Kier molecular flexibility index (Phi) is 7.72. The zero-order valence-corrected chi connectivity index (χ0v) is 17.2. The number of carbonyl (C=O) groups is 2. The maximum atomic E-state index is 13.3. The van der Waals surface area contributed by atoms with Gasteiger partial charge in [-0.05, 0) is 29.7 Å². The van der Waals surface area contributed by atoms with Gasteiger partial charge in [-0.15, -0.1) is 0 Å². The summed E-state index contributed by atoms with van der Waals surface area (Å²) in [5.74, 6) is -0.254. The third kappa shape index (κ3) is 5.77. The van der Waals surface area contributed by atoms with Crippen molar-refractivity contribution in [2.45, 2.75) is 38.9 Å². The molecule has 0 aliphatic carbocycles. The zero-order chi connectivity index (χ0) is 21.2. The van der Waals surface area contributed by atoms with E-state index < -0.39 is 6.04 Å². The van der Waals surface area contributed by atoms with Gasteiger partial charge in [-0.1, -0.05) is 73.7 Å². The van der Waals surface area contributed by atoms with Gasteiger partial charge in [0.25, 0.3) is 0 Å². The van der Waals surface area contributed by atoms with Crippen LogP contribution in [0.5, 0.6) is 0 Å². The number of aromatic nitrogens is 1. The van der Waals surface area contributed by atoms with E-state index in [-0.39, 0.29) is 11.8 Å². The van der Waals surface area contributed by atoms with Crippen LogP contribution in [0.2, 0.25) is 0 Å². The summed E-state index contributed by atoms with van der Waals surface area (Å²) in [6, 6.07) is 24.1. The summed E-state index contributed by atoms with van der Waals surface area (Å²) in [4.78, 5) is 32.3. The number of pyridine rings is 1. The van der Waals surface area contributed by atoms with Crippen LogP contribution in [0.25, 0.3) is 0 Å². The second-order valence-electron chi connectivity index (χ2n) is 7.11. The number of nitrogens with one attached hydrogen (secondary N) is 1. The third-order valence-corrected chi connectivity index (χ3v) is 4.83.